The Bertz CT molecular complexity index is 167. The second-order valence-electron chi connectivity index (χ2n) is 4.29. The van der Waals surface area contributed by atoms with Gasteiger partial charge in [0, 0.05) is 39.3 Å². The van der Waals surface area contributed by atoms with E-state index in [0.29, 0.717) is 12.1 Å². The van der Waals surface area contributed by atoms with Gasteiger partial charge in [-0.25, -0.2) is 0 Å². The highest BCUT2D eigenvalue weighted by Crippen LogP contribution is 2.02. The summed E-state index contributed by atoms with van der Waals surface area (Å²) in [5, 5.41) is 3.44. The molecular formula is C11H24N2O2. The lowest BCUT2D eigenvalue weighted by atomic mass is 10.3. The average Bonchev–Trinajstić information content (AvgIpc) is 2.18. The van der Waals surface area contributed by atoms with Crippen LogP contribution in [0.1, 0.15) is 13.8 Å². The molecule has 2 unspecified atom stereocenters. The normalized spacial score (nSPS) is 25.4. The number of hydrogen-bond acceptors (Lipinski definition) is 4. The van der Waals surface area contributed by atoms with Crippen LogP contribution in [0.15, 0.2) is 0 Å². The zero-order valence-corrected chi connectivity index (χ0v) is 10.2. The van der Waals surface area contributed by atoms with E-state index in [-0.39, 0.29) is 0 Å². The van der Waals surface area contributed by atoms with E-state index in [0.717, 1.165) is 39.4 Å². The summed E-state index contributed by atoms with van der Waals surface area (Å²) in [6.07, 6.45) is 0.384. The van der Waals surface area contributed by atoms with Crippen molar-refractivity contribution in [3.8, 4) is 0 Å². The Kier molecular flexibility index (Phi) is 6.17. The highest BCUT2D eigenvalue weighted by atomic mass is 16.5. The van der Waals surface area contributed by atoms with Crippen molar-refractivity contribution in [3.05, 3.63) is 0 Å². The minimum Gasteiger partial charge on any atom is -0.383 e. The first kappa shape index (κ1) is 12.9. The second kappa shape index (κ2) is 7.17. The maximum absolute atomic E-state index is 5.49. The number of methoxy groups -OCH3 is 1. The maximum Gasteiger partial charge on any atom is 0.0674 e. The molecule has 0 bridgehead atoms. The predicted molar refractivity (Wildman–Crippen MR) is 61.2 cm³/mol. The first-order chi connectivity index (χ1) is 7.22. The quantitative estimate of drug-likeness (QED) is 0.694. The van der Waals surface area contributed by atoms with E-state index in [4.69, 9.17) is 9.47 Å². The summed E-state index contributed by atoms with van der Waals surface area (Å²) in [7, 11) is 1.74. The van der Waals surface area contributed by atoms with E-state index in [9.17, 15) is 0 Å². The Morgan fingerprint density at radius 3 is 3.07 bits per heavy atom. The predicted octanol–water partition coefficient (Wildman–Crippen LogP) is 0.332. The van der Waals surface area contributed by atoms with E-state index in [1.165, 1.54) is 0 Å². The van der Waals surface area contributed by atoms with E-state index < -0.39 is 0 Å². The summed E-state index contributed by atoms with van der Waals surface area (Å²) in [6, 6.07) is 0.438. The molecule has 90 valence electrons. The monoisotopic (exact) mass is 216 g/mol. The smallest absolute Gasteiger partial charge is 0.0674 e. The summed E-state index contributed by atoms with van der Waals surface area (Å²) in [4.78, 5) is 2.45. The van der Waals surface area contributed by atoms with Gasteiger partial charge < -0.3 is 14.8 Å². The molecule has 0 aromatic rings. The third kappa shape index (κ3) is 5.47. The molecule has 0 aromatic carbocycles. The van der Waals surface area contributed by atoms with Gasteiger partial charge in [-0.05, 0) is 13.8 Å². The van der Waals surface area contributed by atoms with Crippen LogP contribution in [0.4, 0.5) is 0 Å². The van der Waals surface area contributed by atoms with Crippen LogP contribution in [-0.2, 0) is 9.47 Å². The summed E-state index contributed by atoms with van der Waals surface area (Å²) >= 11 is 0. The Balaban J connectivity index is 2.03. The molecule has 15 heavy (non-hydrogen) atoms. The van der Waals surface area contributed by atoms with Gasteiger partial charge in [-0.1, -0.05) is 0 Å². The largest absolute Gasteiger partial charge is 0.383 e. The Morgan fingerprint density at radius 2 is 2.40 bits per heavy atom. The molecule has 0 spiro atoms. The lowest BCUT2D eigenvalue weighted by Crippen LogP contribution is -2.45. The van der Waals surface area contributed by atoms with Crippen LogP contribution in [0.25, 0.3) is 0 Å². The molecule has 1 aliphatic rings. The number of nitrogens with one attached hydrogen (secondary N) is 1. The minimum atomic E-state index is 0.384. The van der Waals surface area contributed by atoms with Crippen LogP contribution in [0.5, 0.6) is 0 Å². The van der Waals surface area contributed by atoms with Gasteiger partial charge in [-0.2, -0.15) is 0 Å². The van der Waals surface area contributed by atoms with Gasteiger partial charge in [0.15, 0.2) is 0 Å². The number of ether oxygens (including phenoxy) is 2. The fourth-order valence-electron chi connectivity index (χ4n) is 1.87. The lowest BCUT2D eigenvalue weighted by Gasteiger charge is -2.31. The van der Waals surface area contributed by atoms with Gasteiger partial charge >= 0.3 is 0 Å². The van der Waals surface area contributed by atoms with Crippen molar-refractivity contribution in [3.63, 3.8) is 0 Å². The van der Waals surface area contributed by atoms with Crippen LogP contribution >= 0.6 is 0 Å². The summed E-state index contributed by atoms with van der Waals surface area (Å²) in [5.41, 5.74) is 0. The first-order valence-electron chi connectivity index (χ1n) is 5.78. The first-order valence-corrected chi connectivity index (χ1v) is 5.78. The third-order valence-corrected chi connectivity index (χ3v) is 2.66. The van der Waals surface area contributed by atoms with Gasteiger partial charge in [-0.3, -0.25) is 4.90 Å². The fourth-order valence-corrected chi connectivity index (χ4v) is 1.87. The lowest BCUT2D eigenvalue weighted by molar-refractivity contribution is -0.0179. The standard InChI is InChI=1S/C11H24N2O2/c1-10(9-14-3)12-4-5-13-6-7-15-11(2)8-13/h10-12H,4-9H2,1-3H3. The topological polar surface area (TPSA) is 33.7 Å². The van der Waals surface area contributed by atoms with Gasteiger partial charge in [0.2, 0.25) is 0 Å². The van der Waals surface area contributed by atoms with Gasteiger partial charge in [0.1, 0.15) is 0 Å². The second-order valence-corrected chi connectivity index (χ2v) is 4.29. The zero-order valence-electron chi connectivity index (χ0n) is 10.2. The van der Waals surface area contributed by atoms with Crippen LogP contribution in [0.2, 0.25) is 0 Å². The van der Waals surface area contributed by atoms with Crippen LogP contribution < -0.4 is 5.32 Å². The zero-order chi connectivity index (χ0) is 11.1. The van der Waals surface area contributed by atoms with E-state index >= 15 is 0 Å². The van der Waals surface area contributed by atoms with Crippen molar-refractivity contribution in [2.24, 2.45) is 0 Å². The number of rotatable bonds is 6. The fraction of sp³-hybridized carbons (Fsp3) is 1.00. The highest BCUT2D eigenvalue weighted by molar-refractivity contribution is 4.69. The van der Waals surface area contributed by atoms with E-state index in [1.54, 1.807) is 7.11 Å². The highest BCUT2D eigenvalue weighted by Gasteiger charge is 2.15. The molecule has 0 aromatic heterocycles. The van der Waals surface area contributed by atoms with Crippen molar-refractivity contribution >= 4 is 0 Å². The molecule has 1 fully saturated rings. The van der Waals surface area contributed by atoms with Crippen molar-refractivity contribution in [2.45, 2.75) is 26.0 Å². The van der Waals surface area contributed by atoms with Crippen LogP contribution in [0.3, 0.4) is 0 Å². The van der Waals surface area contributed by atoms with Crippen molar-refractivity contribution < 1.29 is 9.47 Å². The van der Waals surface area contributed by atoms with Gasteiger partial charge in [0.25, 0.3) is 0 Å². The Labute approximate surface area is 92.9 Å². The van der Waals surface area contributed by atoms with Crippen LogP contribution in [-0.4, -0.2) is 63.5 Å². The number of hydrogen-bond donors (Lipinski definition) is 1. The van der Waals surface area contributed by atoms with E-state index in [2.05, 4.69) is 24.1 Å². The number of nitrogens with zero attached hydrogens (tertiary/aromatic N) is 1. The molecule has 0 radical (unpaired) electrons. The number of morpholine rings is 1. The third-order valence-electron chi connectivity index (χ3n) is 2.66. The molecule has 2 atom stereocenters. The molecule has 4 nitrogen and oxygen atoms in total. The SMILES string of the molecule is COCC(C)NCCN1CCOC(C)C1. The maximum atomic E-state index is 5.49. The molecule has 0 saturated carbocycles. The minimum absolute atomic E-state index is 0.384. The molecule has 1 saturated heterocycles. The Hall–Kier alpha value is -0.160. The average molecular weight is 216 g/mol. The van der Waals surface area contributed by atoms with Crippen molar-refractivity contribution in [1.82, 2.24) is 10.2 Å². The van der Waals surface area contributed by atoms with Gasteiger partial charge in [0.05, 0.1) is 19.3 Å². The van der Waals surface area contributed by atoms with Gasteiger partial charge in [-0.15, -0.1) is 0 Å². The summed E-state index contributed by atoms with van der Waals surface area (Å²) in [5.74, 6) is 0. The summed E-state index contributed by atoms with van der Waals surface area (Å²) < 4.78 is 10.6. The van der Waals surface area contributed by atoms with Crippen molar-refractivity contribution in [2.75, 3.05) is 46.5 Å². The molecule has 0 amide bonds. The molecule has 1 aliphatic heterocycles. The molecule has 1 heterocycles. The molecule has 0 aliphatic carbocycles. The van der Waals surface area contributed by atoms with Crippen LogP contribution in [0, 0.1) is 0 Å². The Morgan fingerprint density at radius 1 is 1.60 bits per heavy atom. The van der Waals surface area contributed by atoms with Crippen molar-refractivity contribution in [1.29, 1.82) is 0 Å². The summed E-state index contributed by atoms with van der Waals surface area (Å²) in [6.45, 7) is 10.2. The molecule has 1 rings (SSSR count). The van der Waals surface area contributed by atoms with E-state index in [1.807, 2.05) is 0 Å². The molecule has 4 heteroatoms. The molecule has 1 N–H and O–H groups in total. The molecular weight excluding hydrogens is 192 g/mol.